The average Bonchev–Trinajstić information content (AvgIpc) is 3.18. The van der Waals surface area contributed by atoms with E-state index in [0.29, 0.717) is 33.3 Å². The van der Waals surface area contributed by atoms with Crippen LogP contribution in [0, 0.1) is 5.92 Å². The summed E-state index contributed by atoms with van der Waals surface area (Å²) in [7, 11) is 0. The van der Waals surface area contributed by atoms with Gasteiger partial charge in [0.2, 0.25) is 11.8 Å². The van der Waals surface area contributed by atoms with E-state index in [-0.39, 0.29) is 18.9 Å². The highest BCUT2D eigenvalue weighted by Crippen LogP contribution is 2.32. The lowest BCUT2D eigenvalue weighted by Gasteiger charge is -2.15. The Hall–Kier alpha value is -2.86. The maximum absolute atomic E-state index is 12.1. The molecule has 0 bridgehead atoms. The van der Waals surface area contributed by atoms with E-state index in [2.05, 4.69) is 4.98 Å². The molecule has 25 heavy (non-hydrogen) atoms. The van der Waals surface area contributed by atoms with Crippen LogP contribution in [0.3, 0.4) is 0 Å². The lowest BCUT2D eigenvalue weighted by molar-refractivity contribution is -0.141. The van der Waals surface area contributed by atoms with Gasteiger partial charge in [-0.1, -0.05) is 23.7 Å². The third kappa shape index (κ3) is 2.74. The average molecular weight is 357 g/mol. The van der Waals surface area contributed by atoms with Gasteiger partial charge in [0.05, 0.1) is 16.5 Å². The van der Waals surface area contributed by atoms with Crippen LogP contribution in [0.4, 0.5) is 5.69 Å². The number of fused-ring (bicyclic) bond motifs is 1. The SMILES string of the molecule is O=C(O)[C@H]1CC(=O)N(c2ccc3nc(-c4ccccc4Cl)oc3c2)C1. The van der Waals surface area contributed by atoms with Crippen LogP contribution in [0.25, 0.3) is 22.6 Å². The summed E-state index contributed by atoms with van der Waals surface area (Å²) in [6.45, 7) is 0.158. The molecule has 1 N–H and O–H groups in total. The maximum atomic E-state index is 12.1. The third-order valence-electron chi connectivity index (χ3n) is 4.26. The topological polar surface area (TPSA) is 83.6 Å². The van der Waals surface area contributed by atoms with Crippen molar-refractivity contribution in [3.63, 3.8) is 0 Å². The van der Waals surface area contributed by atoms with Crippen molar-refractivity contribution < 1.29 is 19.1 Å². The molecule has 4 rings (SSSR count). The molecule has 0 saturated carbocycles. The molecule has 0 aliphatic carbocycles. The summed E-state index contributed by atoms with van der Waals surface area (Å²) in [6.07, 6.45) is 0.00858. The number of benzene rings is 2. The summed E-state index contributed by atoms with van der Waals surface area (Å²) in [5.74, 6) is -1.46. The molecular formula is C18H13ClN2O4. The van der Waals surface area contributed by atoms with Crippen molar-refractivity contribution in [3.8, 4) is 11.5 Å². The number of hydrogen-bond acceptors (Lipinski definition) is 4. The zero-order chi connectivity index (χ0) is 17.6. The molecule has 1 aromatic heterocycles. The highest BCUT2D eigenvalue weighted by molar-refractivity contribution is 6.33. The summed E-state index contributed by atoms with van der Waals surface area (Å²) >= 11 is 6.18. The predicted molar refractivity (Wildman–Crippen MR) is 92.6 cm³/mol. The van der Waals surface area contributed by atoms with E-state index in [4.69, 9.17) is 21.1 Å². The Bertz CT molecular complexity index is 998. The highest BCUT2D eigenvalue weighted by Gasteiger charge is 2.35. The molecule has 2 heterocycles. The van der Waals surface area contributed by atoms with E-state index in [1.807, 2.05) is 18.2 Å². The van der Waals surface area contributed by atoms with Gasteiger partial charge in [-0.05, 0) is 24.3 Å². The van der Waals surface area contributed by atoms with Crippen LogP contribution < -0.4 is 4.90 Å². The van der Waals surface area contributed by atoms with Gasteiger partial charge in [-0.25, -0.2) is 4.98 Å². The second kappa shape index (κ2) is 5.89. The van der Waals surface area contributed by atoms with Crippen LogP contribution in [0.2, 0.25) is 5.02 Å². The molecule has 1 aliphatic rings. The molecule has 3 aromatic rings. The van der Waals surface area contributed by atoms with Crippen molar-refractivity contribution in [2.45, 2.75) is 6.42 Å². The summed E-state index contributed by atoms with van der Waals surface area (Å²) in [4.78, 5) is 29.1. The Morgan fingerprint density at radius 1 is 1.28 bits per heavy atom. The van der Waals surface area contributed by atoms with E-state index in [9.17, 15) is 9.59 Å². The Morgan fingerprint density at radius 3 is 2.80 bits per heavy atom. The fourth-order valence-electron chi connectivity index (χ4n) is 2.95. The van der Waals surface area contributed by atoms with Crippen LogP contribution in [-0.4, -0.2) is 28.5 Å². The fraction of sp³-hybridized carbons (Fsp3) is 0.167. The third-order valence-corrected chi connectivity index (χ3v) is 4.59. The number of anilines is 1. The first-order chi connectivity index (χ1) is 12.0. The zero-order valence-electron chi connectivity index (χ0n) is 13.0. The fourth-order valence-corrected chi connectivity index (χ4v) is 3.17. The van der Waals surface area contributed by atoms with E-state index in [1.54, 1.807) is 24.3 Å². The first kappa shape index (κ1) is 15.7. The summed E-state index contributed by atoms with van der Waals surface area (Å²) in [5, 5.41) is 9.64. The molecule has 0 radical (unpaired) electrons. The number of hydrogen-bond donors (Lipinski definition) is 1. The standard InChI is InChI=1S/C18H13ClN2O4/c19-13-4-2-1-3-12(13)17-20-14-6-5-11(8-15(14)25-17)21-9-10(18(23)24)7-16(21)22/h1-6,8,10H,7,9H2,(H,23,24)/t10-/m0/s1. The summed E-state index contributed by atoms with van der Waals surface area (Å²) < 4.78 is 5.79. The minimum absolute atomic E-state index is 0.00858. The first-order valence-electron chi connectivity index (χ1n) is 7.71. The molecule has 0 spiro atoms. The lowest BCUT2D eigenvalue weighted by atomic mass is 10.1. The summed E-state index contributed by atoms with van der Waals surface area (Å²) in [5.41, 5.74) is 2.44. The number of nitrogens with zero attached hydrogens (tertiary/aromatic N) is 2. The molecule has 1 amide bonds. The van der Waals surface area contributed by atoms with Crippen LogP contribution in [0.15, 0.2) is 46.9 Å². The predicted octanol–water partition coefficient (Wildman–Crippen LogP) is 3.59. The molecule has 0 unspecified atom stereocenters. The number of oxazole rings is 1. The van der Waals surface area contributed by atoms with Gasteiger partial charge in [-0.3, -0.25) is 9.59 Å². The normalized spacial score (nSPS) is 17.4. The van der Waals surface area contributed by atoms with Gasteiger partial charge >= 0.3 is 5.97 Å². The van der Waals surface area contributed by atoms with Gasteiger partial charge in [0.1, 0.15) is 5.52 Å². The Labute approximate surface area is 147 Å². The van der Waals surface area contributed by atoms with Gasteiger partial charge < -0.3 is 14.4 Å². The van der Waals surface area contributed by atoms with Crippen molar-refractivity contribution in [3.05, 3.63) is 47.5 Å². The molecular weight excluding hydrogens is 344 g/mol. The van der Waals surface area contributed by atoms with Crippen molar-refractivity contribution in [1.82, 2.24) is 4.98 Å². The van der Waals surface area contributed by atoms with Gasteiger partial charge in [0, 0.05) is 24.7 Å². The van der Waals surface area contributed by atoms with Gasteiger partial charge in [0.25, 0.3) is 0 Å². The number of aromatic nitrogens is 1. The van der Waals surface area contributed by atoms with Crippen molar-refractivity contribution >= 4 is 40.3 Å². The highest BCUT2D eigenvalue weighted by atomic mass is 35.5. The Morgan fingerprint density at radius 2 is 2.08 bits per heavy atom. The lowest BCUT2D eigenvalue weighted by Crippen LogP contribution is -2.25. The zero-order valence-corrected chi connectivity index (χ0v) is 13.7. The largest absolute Gasteiger partial charge is 0.481 e. The number of halogens is 1. The molecule has 7 heteroatoms. The first-order valence-corrected chi connectivity index (χ1v) is 8.09. The van der Waals surface area contributed by atoms with Crippen LogP contribution in [0.1, 0.15) is 6.42 Å². The summed E-state index contributed by atoms with van der Waals surface area (Å²) in [6, 6.07) is 12.4. The molecule has 1 aliphatic heterocycles. The molecule has 1 atom stereocenters. The number of amides is 1. The van der Waals surface area contributed by atoms with E-state index >= 15 is 0 Å². The maximum Gasteiger partial charge on any atom is 0.308 e. The van der Waals surface area contributed by atoms with Crippen molar-refractivity contribution in [2.75, 3.05) is 11.4 Å². The molecule has 1 saturated heterocycles. The minimum atomic E-state index is -0.961. The van der Waals surface area contributed by atoms with E-state index < -0.39 is 11.9 Å². The van der Waals surface area contributed by atoms with Crippen LogP contribution in [-0.2, 0) is 9.59 Å². The van der Waals surface area contributed by atoms with Crippen molar-refractivity contribution in [2.24, 2.45) is 5.92 Å². The van der Waals surface area contributed by atoms with Gasteiger partial charge in [-0.2, -0.15) is 0 Å². The number of aliphatic carboxylic acids is 1. The van der Waals surface area contributed by atoms with E-state index in [0.717, 1.165) is 0 Å². The number of rotatable bonds is 3. The Kier molecular flexibility index (Phi) is 3.69. The van der Waals surface area contributed by atoms with Crippen molar-refractivity contribution in [1.29, 1.82) is 0 Å². The molecule has 6 nitrogen and oxygen atoms in total. The minimum Gasteiger partial charge on any atom is -0.481 e. The van der Waals surface area contributed by atoms with Gasteiger partial charge in [-0.15, -0.1) is 0 Å². The number of carbonyl (C=O) groups excluding carboxylic acids is 1. The second-order valence-corrected chi connectivity index (χ2v) is 6.30. The van der Waals surface area contributed by atoms with Gasteiger partial charge in [0.15, 0.2) is 5.58 Å². The molecule has 2 aromatic carbocycles. The monoisotopic (exact) mass is 356 g/mol. The number of carbonyl (C=O) groups is 2. The van der Waals surface area contributed by atoms with Crippen LogP contribution in [0.5, 0.6) is 0 Å². The van der Waals surface area contributed by atoms with Crippen LogP contribution >= 0.6 is 11.6 Å². The second-order valence-electron chi connectivity index (χ2n) is 5.89. The number of carboxylic acids is 1. The molecule has 1 fully saturated rings. The molecule has 126 valence electrons. The smallest absolute Gasteiger partial charge is 0.308 e. The Balaban J connectivity index is 1.71. The van der Waals surface area contributed by atoms with E-state index in [1.165, 1.54) is 4.90 Å². The quantitative estimate of drug-likeness (QED) is 0.775. The number of carboxylic acid groups (broad SMARTS) is 1.